The number of anilines is 1. The average molecular weight is 359 g/mol. The van der Waals surface area contributed by atoms with Crippen molar-refractivity contribution in [2.24, 2.45) is 0 Å². The normalized spacial score (nSPS) is 10.0. The summed E-state index contributed by atoms with van der Waals surface area (Å²) < 4.78 is 20.6. The van der Waals surface area contributed by atoms with Crippen LogP contribution in [0.25, 0.3) is 0 Å². The highest BCUT2D eigenvalue weighted by atomic mass is 16.5. The molecule has 0 bridgehead atoms. The second-order valence-corrected chi connectivity index (χ2v) is 5.39. The number of hydrogen-bond donors (Lipinski definition) is 1. The standard InChI is InChI=1S/C19H21NO6/c1-12-5-8-16(24-3)15(9-12)20-18(21)11-26-17-10-13(23-2)6-7-14(17)19(22)25-4/h5-10H,11H2,1-4H3,(H,20,21). The largest absolute Gasteiger partial charge is 0.497 e. The maximum atomic E-state index is 12.2. The van der Waals surface area contributed by atoms with Crippen LogP contribution in [0, 0.1) is 6.92 Å². The van der Waals surface area contributed by atoms with Gasteiger partial charge >= 0.3 is 5.97 Å². The van der Waals surface area contributed by atoms with Gasteiger partial charge in [-0.25, -0.2) is 4.79 Å². The maximum absolute atomic E-state index is 12.2. The quantitative estimate of drug-likeness (QED) is 0.766. The number of esters is 1. The highest BCUT2D eigenvalue weighted by Gasteiger charge is 2.16. The third-order valence-electron chi connectivity index (χ3n) is 3.58. The monoisotopic (exact) mass is 359 g/mol. The summed E-state index contributed by atoms with van der Waals surface area (Å²) in [5.41, 5.74) is 1.72. The van der Waals surface area contributed by atoms with E-state index >= 15 is 0 Å². The van der Waals surface area contributed by atoms with Gasteiger partial charge in [0.25, 0.3) is 5.91 Å². The Morgan fingerprint density at radius 1 is 0.962 bits per heavy atom. The van der Waals surface area contributed by atoms with E-state index < -0.39 is 11.9 Å². The van der Waals surface area contributed by atoms with Gasteiger partial charge in [0.15, 0.2) is 6.61 Å². The van der Waals surface area contributed by atoms with Crippen molar-refractivity contribution < 1.29 is 28.5 Å². The van der Waals surface area contributed by atoms with E-state index in [4.69, 9.17) is 18.9 Å². The minimum atomic E-state index is -0.566. The Hall–Kier alpha value is -3.22. The molecule has 2 rings (SSSR count). The number of ether oxygens (including phenoxy) is 4. The summed E-state index contributed by atoms with van der Waals surface area (Å²) in [4.78, 5) is 24.1. The zero-order valence-corrected chi connectivity index (χ0v) is 15.1. The lowest BCUT2D eigenvalue weighted by Gasteiger charge is -2.13. The Labute approximate surface area is 151 Å². The van der Waals surface area contributed by atoms with E-state index in [0.717, 1.165) is 5.56 Å². The molecule has 0 saturated heterocycles. The third-order valence-corrected chi connectivity index (χ3v) is 3.58. The fraction of sp³-hybridized carbons (Fsp3) is 0.263. The summed E-state index contributed by atoms with van der Waals surface area (Å²) in [5.74, 6) is 0.271. The van der Waals surface area contributed by atoms with E-state index in [-0.39, 0.29) is 17.9 Å². The number of amides is 1. The van der Waals surface area contributed by atoms with Gasteiger partial charge in [-0.1, -0.05) is 6.07 Å². The number of benzene rings is 2. The number of carbonyl (C=O) groups is 2. The van der Waals surface area contributed by atoms with Crippen LogP contribution in [0.5, 0.6) is 17.2 Å². The SMILES string of the molecule is COC(=O)c1ccc(OC)cc1OCC(=O)Nc1cc(C)ccc1OC. The topological polar surface area (TPSA) is 83.1 Å². The maximum Gasteiger partial charge on any atom is 0.341 e. The molecule has 0 fully saturated rings. The summed E-state index contributed by atoms with van der Waals surface area (Å²) in [6.45, 7) is 1.61. The Morgan fingerprint density at radius 2 is 1.73 bits per heavy atom. The fourth-order valence-electron chi connectivity index (χ4n) is 2.28. The molecule has 138 valence electrons. The van der Waals surface area contributed by atoms with Crippen LogP contribution in [0.15, 0.2) is 36.4 Å². The van der Waals surface area contributed by atoms with Crippen molar-refractivity contribution in [1.82, 2.24) is 0 Å². The van der Waals surface area contributed by atoms with Crippen LogP contribution in [0.4, 0.5) is 5.69 Å². The third kappa shape index (κ3) is 4.66. The number of aryl methyl sites for hydroxylation is 1. The van der Waals surface area contributed by atoms with Crippen molar-refractivity contribution in [1.29, 1.82) is 0 Å². The lowest BCUT2D eigenvalue weighted by Crippen LogP contribution is -2.21. The lowest BCUT2D eigenvalue weighted by atomic mass is 10.2. The second-order valence-electron chi connectivity index (χ2n) is 5.39. The summed E-state index contributed by atoms with van der Waals surface area (Å²) in [6, 6.07) is 10.1. The van der Waals surface area contributed by atoms with E-state index in [9.17, 15) is 9.59 Å². The minimum absolute atomic E-state index is 0.197. The molecule has 0 atom stereocenters. The summed E-state index contributed by atoms with van der Waals surface area (Å²) in [6.07, 6.45) is 0. The van der Waals surface area contributed by atoms with Crippen LogP contribution in [0.3, 0.4) is 0 Å². The molecule has 0 heterocycles. The first-order valence-electron chi connectivity index (χ1n) is 7.82. The van der Waals surface area contributed by atoms with Gasteiger partial charge in [0.1, 0.15) is 22.8 Å². The van der Waals surface area contributed by atoms with Gasteiger partial charge in [-0.15, -0.1) is 0 Å². The number of hydrogen-bond acceptors (Lipinski definition) is 6. The van der Waals surface area contributed by atoms with Crippen molar-refractivity contribution in [3.63, 3.8) is 0 Å². The van der Waals surface area contributed by atoms with Crippen molar-refractivity contribution in [3.8, 4) is 17.2 Å². The molecule has 2 aromatic rings. The van der Waals surface area contributed by atoms with Gasteiger partial charge in [-0.2, -0.15) is 0 Å². The van der Waals surface area contributed by atoms with Crippen LogP contribution in [0.1, 0.15) is 15.9 Å². The fourth-order valence-corrected chi connectivity index (χ4v) is 2.28. The van der Waals surface area contributed by atoms with Crippen LogP contribution < -0.4 is 19.5 Å². The van der Waals surface area contributed by atoms with Crippen molar-refractivity contribution in [2.75, 3.05) is 33.3 Å². The molecular weight excluding hydrogens is 338 g/mol. The van der Waals surface area contributed by atoms with Crippen LogP contribution in [0.2, 0.25) is 0 Å². The Balaban J connectivity index is 2.12. The van der Waals surface area contributed by atoms with Gasteiger partial charge in [0.05, 0.1) is 27.0 Å². The lowest BCUT2D eigenvalue weighted by molar-refractivity contribution is -0.118. The predicted molar refractivity (Wildman–Crippen MR) is 96.2 cm³/mol. The smallest absolute Gasteiger partial charge is 0.341 e. The zero-order valence-electron chi connectivity index (χ0n) is 15.1. The predicted octanol–water partition coefficient (Wildman–Crippen LogP) is 2.82. The first-order chi connectivity index (χ1) is 12.5. The molecule has 0 radical (unpaired) electrons. The molecule has 7 nitrogen and oxygen atoms in total. The first kappa shape index (κ1) is 19.1. The van der Waals surface area contributed by atoms with Crippen molar-refractivity contribution in [3.05, 3.63) is 47.5 Å². The molecule has 0 spiro atoms. The van der Waals surface area contributed by atoms with E-state index in [2.05, 4.69) is 5.32 Å². The molecule has 0 unspecified atom stereocenters. The molecule has 1 N–H and O–H groups in total. The Kier molecular flexibility index (Phi) is 6.43. The van der Waals surface area contributed by atoms with E-state index in [1.165, 1.54) is 33.5 Å². The van der Waals surface area contributed by atoms with Gasteiger partial charge in [0.2, 0.25) is 0 Å². The summed E-state index contributed by atoms with van der Waals surface area (Å²) >= 11 is 0. The number of nitrogens with one attached hydrogen (secondary N) is 1. The Bertz CT molecular complexity index is 803. The summed E-state index contributed by atoms with van der Waals surface area (Å²) in [7, 11) is 4.29. The van der Waals surface area contributed by atoms with Crippen LogP contribution in [-0.4, -0.2) is 39.8 Å². The molecule has 7 heteroatoms. The molecule has 0 saturated carbocycles. The zero-order chi connectivity index (χ0) is 19.1. The molecule has 0 aliphatic carbocycles. The van der Waals surface area contributed by atoms with Crippen molar-refractivity contribution in [2.45, 2.75) is 6.92 Å². The van der Waals surface area contributed by atoms with E-state index in [0.29, 0.717) is 17.2 Å². The molecular formula is C19H21NO6. The second kappa shape index (κ2) is 8.75. The van der Waals surface area contributed by atoms with Crippen LogP contribution >= 0.6 is 0 Å². The molecule has 0 aromatic heterocycles. The highest BCUT2D eigenvalue weighted by molar-refractivity contribution is 5.95. The minimum Gasteiger partial charge on any atom is -0.497 e. The molecule has 0 aliphatic heterocycles. The highest BCUT2D eigenvalue weighted by Crippen LogP contribution is 2.27. The van der Waals surface area contributed by atoms with Crippen molar-refractivity contribution >= 4 is 17.6 Å². The average Bonchev–Trinajstić information content (AvgIpc) is 2.65. The first-order valence-corrected chi connectivity index (χ1v) is 7.82. The summed E-state index contributed by atoms with van der Waals surface area (Å²) in [5, 5.41) is 2.73. The van der Waals surface area contributed by atoms with Gasteiger partial charge < -0.3 is 24.3 Å². The number of methoxy groups -OCH3 is 3. The van der Waals surface area contributed by atoms with Gasteiger partial charge in [-0.05, 0) is 36.8 Å². The Morgan fingerprint density at radius 3 is 2.38 bits per heavy atom. The van der Waals surface area contributed by atoms with Gasteiger partial charge in [-0.3, -0.25) is 4.79 Å². The molecule has 26 heavy (non-hydrogen) atoms. The van der Waals surface area contributed by atoms with E-state index in [1.807, 2.05) is 13.0 Å². The molecule has 0 aliphatic rings. The van der Waals surface area contributed by atoms with Gasteiger partial charge in [0, 0.05) is 6.07 Å². The molecule has 1 amide bonds. The molecule has 2 aromatic carbocycles. The van der Waals surface area contributed by atoms with Crippen LogP contribution in [-0.2, 0) is 9.53 Å². The van der Waals surface area contributed by atoms with E-state index in [1.54, 1.807) is 18.2 Å². The number of carbonyl (C=O) groups excluding carboxylic acids is 2. The number of rotatable bonds is 7.